The van der Waals surface area contributed by atoms with Gasteiger partial charge in [0.05, 0.1) is 48.2 Å². The van der Waals surface area contributed by atoms with Crippen LogP contribution in [0.3, 0.4) is 0 Å². The summed E-state index contributed by atoms with van der Waals surface area (Å²) < 4.78 is 14.1. The number of amides is 3. The third-order valence-corrected chi connectivity index (χ3v) is 6.64. The third-order valence-electron chi connectivity index (χ3n) is 5.29. The van der Waals surface area contributed by atoms with Crippen molar-refractivity contribution < 1.29 is 14.0 Å². The second-order valence-corrected chi connectivity index (χ2v) is 8.22. The maximum Gasteiger partial charge on any atom is 0.332 e. The minimum absolute atomic E-state index is 0.0833. The van der Waals surface area contributed by atoms with Crippen molar-refractivity contribution in [2.45, 2.75) is 24.6 Å². The Bertz CT molecular complexity index is 1200. The lowest BCUT2D eigenvalue weighted by Crippen LogP contribution is -2.62. The van der Waals surface area contributed by atoms with Gasteiger partial charge >= 0.3 is 6.03 Å². The van der Waals surface area contributed by atoms with Gasteiger partial charge < -0.3 is 4.90 Å². The Morgan fingerprint density at radius 1 is 1.23 bits per heavy atom. The molecule has 4 rings (SSSR count). The van der Waals surface area contributed by atoms with E-state index in [1.54, 1.807) is 30.3 Å². The number of halogens is 1. The van der Waals surface area contributed by atoms with Gasteiger partial charge in [0.2, 0.25) is 0 Å². The van der Waals surface area contributed by atoms with Crippen molar-refractivity contribution in [1.29, 1.82) is 10.5 Å². The summed E-state index contributed by atoms with van der Waals surface area (Å²) in [6, 6.07) is 10.0. The van der Waals surface area contributed by atoms with E-state index in [9.17, 15) is 19.2 Å². The van der Waals surface area contributed by atoms with Crippen LogP contribution in [0.2, 0.25) is 0 Å². The maximum absolute atomic E-state index is 14.1. The lowest BCUT2D eigenvalue weighted by atomic mass is 10.0. The summed E-state index contributed by atoms with van der Waals surface area (Å²) >= 11 is 1.26. The van der Waals surface area contributed by atoms with Crippen molar-refractivity contribution >= 4 is 34.3 Å². The van der Waals surface area contributed by atoms with E-state index in [1.165, 1.54) is 29.8 Å². The number of nitriles is 2. The van der Waals surface area contributed by atoms with Gasteiger partial charge in [0, 0.05) is 22.6 Å². The fourth-order valence-corrected chi connectivity index (χ4v) is 5.08. The Balaban J connectivity index is 1.78. The molecule has 2 atom stereocenters. The van der Waals surface area contributed by atoms with Crippen LogP contribution in [0.5, 0.6) is 0 Å². The van der Waals surface area contributed by atoms with E-state index in [-0.39, 0.29) is 24.2 Å². The number of urea groups is 1. The Kier molecular flexibility index (Phi) is 5.45. The van der Waals surface area contributed by atoms with Crippen LogP contribution in [-0.4, -0.2) is 39.7 Å². The number of carbonyl (C=O) groups is 2. The number of rotatable bonds is 4. The predicted molar refractivity (Wildman–Crippen MR) is 113 cm³/mol. The Hall–Kier alpha value is -3.69. The van der Waals surface area contributed by atoms with E-state index in [0.29, 0.717) is 16.0 Å². The topological polar surface area (TPSA) is 101 Å². The summed E-state index contributed by atoms with van der Waals surface area (Å²) in [4.78, 5) is 33.6. The minimum Gasteiger partial charge on any atom is -0.315 e. The number of anilines is 1. The number of carbonyl (C=O) groups excluding carboxylic acids is 2. The SMILES string of the molecule is Cc1c(F)cncc1N1C(=O)C2SC(c3ccccc3C#N)=CC2N(CCC#N)C1=O. The molecule has 1 aromatic carbocycles. The van der Waals surface area contributed by atoms with Gasteiger partial charge in [-0.05, 0) is 19.1 Å². The normalized spacial score (nSPS) is 20.2. The zero-order valence-electron chi connectivity index (χ0n) is 16.4. The fraction of sp³-hybridized carbons (Fsp3) is 0.227. The zero-order valence-corrected chi connectivity index (χ0v) is 17.3. The van der Waals surface area contributed by atoms with Crippen LogP contribution in [-0.2, 0) is 4.79 Å². The largest absolute Gasteiger partial charge is 0.332 e. The molecule has 0 saturated carbocycles. The number of aromatic nitrogens is 1. The van der Waals surface area contributed by atoms with E-state index < -0.39 is 29.0 Å². The molecule has 3 amide bonds. The number of hydrogen-bond donors (Lipinski definition) is 0. The molecular formula is C22H16FN5O2S. The van der Waals surface area contributed by atoms with Gasteiger partial charge in [-0.1, -0.05) is 18.2 Å². The van der Waals surface area contributed by atoms with Crippen LogP contribution in [0.25, 0.3) is 4.91 Å². The van der Waals surface area contributed by atoms with Crippen LogP contribution < -0.4 is 4.90 Å². The second kappa shape index (κ2) is 8.21. The molecule has 1 fully saturated rings. The Morgan fingerprint density at radius 3 is 2.74 bits per heavy atom. The van der Waals surface area contributed by atoms with Crippen molar-refractivity contribution in [3.63, 3.8) is 0 Å². The van der Waals surface area contributed by atoms with Gasteiger partial charge in [-0.2, -0.15) is 10.5 Å². The van der Waals surface area contributed by atoms with Crippen LogP contribution >= 0.6 is 11.8 Å². The minimum atomic E-state index is -0.680. The lowest BCUT2D eigenvalue weighted by molar-refractivity contribution is -0.119. The van der Waals surface area contributed by atoms with Crippen molar-refractivity contribution in [2.75, 3.05) is 11.4 Å². The molecule has 2 aliphatic heterocycles. The molecule has 0 aliphatic carbocycles. The molecule has 9 heteroatoms. The molecule has 2 aliphatic rings. The summed E-state index contributed by atoms with van der Waals surface area (Å²) in [5.41, 5.74) is 1.37. The number of thioether (sulfide) groups is 1. The molecule has 0 spiro atoms. The van der Waals surface area contributed by atoms with Gasteiger partial charge in [0.15, 0.2) is 0 Å². The lowest BCUT2D eigenvalue weighted by Gasteiger charge is -2.41. The average molecular weight is 433 g/mol. The predicted octanol–water partition coefficient (Wildman–Crippen LogP) is 3.61. The van der Waals surface area contributed by atoms with Crippen molar-refractivity contribution in [1.82, 2.24) is 9.88 Å². The number of fused-ring (bicyclic) bond motifs is 1. The van der Waals surface area contributed by atoms with E-state index >= 15 is 0 Å². The summed E-state index contributed by atoms with van der Waals surface area (Å²) in [7, 11) is 0. The zero-order chi connectivity index (χ0) is 22.1. The highest BCUT2D eigenvalue weighted by Crippen LogP contribution is 2.46. The van der Waals surface area contributed by atoms with Gasteiger partial charge in [-0.15, -0.1) is 11.8 Å². The molecule has 2 unspecified atom stereocenters. The molecule has 2 aromatic rings. The first kappa shape index (κ1) is 20.6. The monoisotopic (exact) mass is 433 g/mol. The smallest absolute Gasteiger partial charge is 0.315 e. The summed E-state index contributed by atoms with van der Waals surface area (Å²) in [5.74, 6) is -1.10. The molecule has 3 heterocycles. The maximum atomic E-state index is 14.1. The molecule has 7 nitrogen and oxygen atoms in total. The van der Waals surface area contributed by atoms with Gasteiger partial charge in [-0.25, -0.2) is 14.1 Å². The third kappa shape index (κ3) is 3.43. The molecule has 0 bridgehead atoms. The first-order valence-corrected chi connectivity index (χ1v) is 10.4. The van der Waals surface area contributed by atoms with Crippen molar-refractivity contribution in [3.05, 3.63) is 65.2 Å². The van der Waals surface area contributed by atoms with Crippen LogP contribution in [0.4, 0.5) is 14.9 Å². The van der Waals surface area contributed by atoms with Crippen LogP contribution in [0.1, 0.15) is 23.1 Å². The van der Waals surface area contributed by atoms with Crippen molar-refractivity contribution in [2.24, 2.45) is 0 Å². The van der Waals surface area contributed by atoms with Gasteiger partial charge in [0.1, 0.15) is 11.1 Å². The molecule has 154 valence electrons. The van der Waals surface area contributed by atoms with E-state index in [1.807, 2.05) is 6.07 Å². The standard InChI is InChI=1S/C22H16FN5O2S/c1-13-16(23)11-26-12-18(13)28-21(29)20-17(27(22(28)30)8-4-7-24)9-19(31-20)15-6-3-2-5-14(15)10-25/h2-3,5-6,9,11-12,17,20H,4,8H2,1H3. The highest BCUT2D eigenvalue weighted by atomic mass is 32.2. The number of hydrogen-bond acceptors (Lipinski definition) is 6. The number of pyridine rings is 1. The fourth-order valence-electron chi connectivity index (χ4n) is 3.72. The van der Waals surface area contributed by atoms with Crippen LogP contribution in [0.15, 0.2) is 42.7 Å². The van der Waals surface area contributed by atoms with Gasteiger partial charge in [-0.3, -0.25) is 9.78 Å². The summed E-state index contributed by atoms with van der Waals surface area (Å²) in [5, 5.41) is 17.8. The highest BCUT2D eigenvalue weighted by molar-refractivity contribution is 8.09. The average Bonchev–Trinajstić information content (AvgIpc) is 3.22. The summed E-state index contributed by atoms with van der Waals surface area (Å²) in [6.07, 6.45) is 4.19. The first-order chi connectivity index (χ1) is 15.0. The molecule has 0 radical (unpaired) electrons. The van der Waals surface area contributed by atoms with E-state index in [0.717, 1.165) is 11.1 Å². The molecule has 1 aromatic heterocycles. The molecular weight excluding hydrogens is 417 g/mol. The highest BCUT2D eigenvalue weighted by Gasteiger charge is 2.50. The van der Waals surface area contributed by atoms with Gasteiger partial charge in [0.25, 0.3) is 5.91 Å². The second-order valence-electron chi connectivity index (χ2n) is 7.04. The number of nitrogens with zero attached hydrogens (tertiary/aromatic N) is 5. The molecule has 31 heavy (non-hydrogen) atoms. The number of benzene rings is 1. The quantitative estimate of drug-likeness (QED) is 0.730. The van der Waals surface area contributed by atoms with E-state index in [2.05, 4.69) is 11.1 Å². The first-order valence-electron chi connectivity index (χ1n) is 9.47. The van der Waals surface area contributed by atoms with Crippen molar-refractivity contribution in [3.8, 4) is 12.1 Å². The Labute approximate surface area is 182 Å². The van der Waals surface area contributed by atoms with E-state index in [4.69, 9.17) is 5.26 Å². The molecule has 1 saturated heterocycles. The molecule has 0 N–H and O–H groups in total. The van der Waals surface area contributed by atoms with Crippen LogP contribution in [0, 0.1) is 35.4 Å². The Morgan fingerprint density at radius 2 is 2.00 bits per heavy atom. The number of imide groups is 1. The summed E-state index contributed by atoms with van der Waals surface area (Å²) in [6.45, 7) is 1.60.